The Balaban J connectivity index is 1.68. The molecule has 0 aliphatic heterocycles. The van der Waals surface area contributed by atoms with Crippen molar-refractivity contribution >= 4 is 0 Å². The number of benzene rings is 3. The maximum absolute atomic E-state index is 5.91. The van der Waals surface area contributed by atoms with Crippen LogP contribution >= 0.6 is 0 Å². The van der Waals surface area contributed by atoms with Crippen LogP contribution in [0.25, 0.3) is 0 Å². The molecule has 0 radical (unpaired) electrons. The molecule has 0 bridgehead atoms. The molecule has 0 aromatic heterocycles. The topological polar surface area (TPSA) is 9.23 Å². The lowest BCUT2D eigenvalue weighted by Crippen LogP contribution is -2.00. The first-order valence-corrected chi connectivity index (χ1v) is 8.88. The fourth-order valence-electron chi connectivity index (χ4n) is 3.19. The van der Waals surface area contributed by atoms with Gasteiger partial charge in [-0.05, 0) is 55.2 Å². The first-order valence-electron chi connectivity index (χ1n) is 8.88. The van der Waals surface area contributed by atoms with Crippen molar-refractivity contribution in [2.75, 3.05) is 0 Å². The van der Waals surface area contributed by atoms with E-state index in [4.69, 9.17) is 4.74 Å². The Morgan fingerprint density at radius 2 is 1.40 bits per heavy atom. The summed E-state index contributed by atoms with van der Waals surface area (Å²) in [5, 5.41) is 0. The lowest BCUT2D eigenvalue weighted by molar-refractivity contribution is 0.306. The fourth-order valence-corrected chi connectivity index (χ4v) is 3.19. The van der Waals surface area contributed by atoms with Crippen molar-refractivity contribution < 1.29 is 4.74 Å². The highest BCUT2D eigenvalue weighted by atomic mass is 16.5. The van der Waals surface area contributed by atoms with Gasteiger partial charge in [0.1, 0.15) is 12.4 Å². The summed E-state index contributed by atoms with van der Waals surface area (Å²) in [6.07, 6.45) is 0. The third-order valence-electron chi connectivity index (χ3n) is 4.80. The second-order valence-electron chi connectivity index (χ2n) is 6.93. The Labute approximate surface area is 151 Å². The van der Waals surface area contributed by atoms with E-state index in [0.717, 1.165) is 5.75 Å². The van der Waals surface area contributed by atoms with Crippen molar-refractivity contribution in [1.29, 1.82) is 0 Å². The number of hydrogen-bond donors (Lipinski definition) is 0. The Kier molecular flexibility index (Phi) is 5.23. The van der Waals surface area contributed by atoms with Crippen LogP contribution in [-0.4, -0.2) is 0 Å². The van der Waals surface area contributed by atoms with E-state index in [0.29, 0.717) is 12.5 Å². The molecule has 0 N–H and O–H groups in total. The summed E-state index contributed by atoms with van der Waals surface area (Å²) in [7, 11) is 0. The molecular weight excluding hydrogens is 304 g/mol. The first-order chi connectivity index (χ1) is 12.0. The molecule has 0 spiro atoms. The van der Waals surface area contributed by atoms with Crippen LogP contribution in [-0.2, 0) is 6.61 Å². The quantitative estimate of drug-likeness (QED) is 0.530. The van der Waals surface area contributed by atoms with Gasteiger partial charge < -0.3 is 4.74 Å². The second kappa shape index (κ2) is 7.57. The van der Waals surface area contributed by atoms with Gasteiger partial charge in [0.15, 0.2) is 0 Å². The van der Waals surface area contributed by atoms with E-state index in [1.807, 2.05) is 0 Å². The van der Waals surface area contributed by atoms with Gasteiger partial charge in [-0.15, -0.1) is 0 Å². The molecule has 1 unspecified atom stereocenters. The predicted molar refractivity (Wildman–Crippen MR) is 105 cm³/mol. The molecule has 3 aromatic rings. The van der Waals surface area contributed by atoms with Crippen LogP contribution in [0.2, 0.25) is 0 Å². The number of ether oxygens (including phenoxy) is 1. The molecule has 0 saturated carbocycles. The minimum Gasteiger partial charge on any atom is -0.489 e. The Bertz CT molecular complexity index is 829. The van der Waals surface area contributed by atoms with Gasteiger partial charge in [-0.2, -0.15) is 0 Å². The van der Waals surface area contributed by atoms with Crippen molar-refractivity contribution in [2.24, 2.45) is 0 Å². The van der Waals surface area contributed by atoms with Crippen LogP contribution in [0.3, 0.4) is 0 Å². The van der Waals surface area contributed by atoms with E-state index in [-0.39, 0.29) is 0 Å². The molecule has 0 aliphatic rings. The van der Waals surface area contributed by atoms with Gasteiger partial charge in [0, 0.05) is 5.92 Å². The van der Waals surface area contributed by atoms with Crippen LogP contribution in [0.1, 0.15) is 46.2 Å². The van der Waals surface area contributed by atoms with Crippen LogP contribution < -0.4 is 4.74 Å². The molecule has 0 heterocycles. The van der Waals surface area contributed by atoms with Crippen molar-refractivity contribution in [3.63, 3.8) is 0 Å². The van der Waals surface area contributed by atoms with Crippen molar-refractivity contribution in [3.05, 3.63) is 100 Å². The molecule has 0 fully saturated rings. The minimum atomic E-state index is 0.381. The zero-order valence-corrected chi connectivity index (χ0v) is 15.5. The largest absolute Gasteiger partial charge is 0.489 e. The van der Waals surface area contributed by atoms with E-state index in [1.165, 1.54) is 33.4 Å². The molecule has 128 valence electrons. The maximum Gasteiger partial charge on any atom is 0.119 e. The Morgan fingerprint density at radius 3 is 2.04 bits per heavy atom. The average Bonchev–Trinajstić information content (AvgIpc) is 2.61. The first kappa shape index (κ1) is 17.3. The van der Waals surface area contributed by atoms with E-state index in [2.05, 4.69) is 94.4 Å². The SMILES string of the molecule is Cc1ccc(COc2ccc(C(C)c3ccc(C)cc3C)cc2)cc1. The molecule has 1 nitrogen and oxygen atoms in total. The third-order valence-corrected chi connectivity index (χ3v) is 4.80. The molecule has 3 rings (SSSR count). The highest BCUT2D eigenvalue weighted by molar-refractivity contribution is 5.40. The predicted octanol–water partition coefficient (Wildman–Crippen LogP) is 6.34. The lowest BCUT2D eigenvalue weighted by atomic mass is 9.89. The average molecular weight is 330 g/mol. The Hall–Kier alpha value is -2.54. The maximum atomic E-state index is 5.91. The van der Waals surface area contributed by atoms with Crippen LogP contribution in [0, 0.1) is 20.8 Å². The standard InChI is InChI=1S/C24H26O/c1-17-5-8-21(9-6-17)16-25-23-12-10-22(11-13-23)20(4)24-14-7-18(2)15-19(24)3/h5-15,20H,16H2,1-4H3. The monoisotopic (exact) mass is 330 g/mol. The molecule has 0 aliphatic carbocycles. The van der Waals surface area contributed by atoms with Crippen LogP contribution in [0.4, 0.5) is 0 Å². The number of aryl methyl sites for hydroxylation is 3. The number of rotatable bonds is 5. The molecule has 0 amide bonds. The molecular formula is C24H26O. The van der Waals surface area contributed by atoms with Crippen LogP contribution in [0.5, 0.6) is 5.75 Å². The van der Waals surface area contributed by atoms with E-state index in [1.54, 1.807) is 0 Å². The van der Waals surface area contributed by atoms with Gasteiger partial charge in [0.25, 0.3) is 0 Å². The normalized spacial score (nSPS) is 12.0. The second-order valence-corrected chi connectivity index (χ2v) is 6.93. The fraction of sp³-hybridized carbons (Fsp3) is 0.250. The van der Waals surface area contributed by atoms with Gasteiger partial charge in [0.2, 0.25) is 0 Å². The summed E-state index contributed by atoms with van der Waals surface area (Å²) < 4.78 is 5.91. The summed E-state index contributed by atoms with van der Waals surface area (Å²) >= 11 is 0. The minimum absolute atomic E-state index is 0.381. The summed E-state index contributed by atoms with van der Waals surface area (Å²) in [5.74, 6) is 1.30. The summed E-state index contributed by atoms with van der Waals surface area (Å²) in [5.41, 5.74) is 7.83. The summed E-state index contributed by atoms with van der Waals surface area (Å²) in [4.78, 5) is 0. The zero-order chi connectivity index (χ0) is 17.8. The Morgan fingerprint density at radius 1 is 0.760 bits per heavy atom. The smallest absolute Gasteiger partial charge is 0.119 e. The molecule has 1 atom stereocenters. The van der Waals surface area contributed by atoms with Gasteiger partial charge >= 0.3 is 0 Å². The lowest BCUT2D eigenvalue weighted by Gasteiger charge is -2.16. The van der Waals surface area contributed by atoms with Crippen LogP contribution in [0.15, 0.2) is 66.7 Å². The van der Waals surface area contributed by atoms with Gasteiger partial charge in [-0.25, -0.2) is 0 Å². The third kappa shape index (κ3) is 4.30. The van der Waals surface area contributed by atoms with Gasteiger partial charge in [-0.3, -0.25) is 0 Å². The highest BCUT2D eigenvalue weighted by Crippen LogP contribution is 2.28. The van der Waals surface area contributed by atoms with Gasteiger partial charge in [0.05, 0.1) is 0 Å². The van der Waals surface area contributed by atoms with E-state index >= 15 is 0 Å². The zero-order valence-electron chi connectivity index (χ0n) is 15.5. The molecule has 3 aromatic carbocycles. The van der Waals surface area contributed by atoms with Gasteiger partial charge in [-0.1, -0.05) is 72.6 Å². The van der Waals surface area contributed by atoms with E-state index in [9.17, 15) is 0 Å². The van der Waals surface area contributed by atoms with E-state index < -0.39 is 0 Å². The van der Waals surface area contributed by atoms with Crippen molar-refractivity contribution in [3.8, 4) is 5.75 Å². The molecule has 1 heteroatoms. The van der Waals surface area contributed by atoms with Crippen molar-refractivity contribution in [1.82, 2.24) is 0 Å². The molecule has 25 heavy (non-hydrogen) atoms. The number of hydrogen-bond acceptors (Lipinski definition) is 1. The highest BCUT2D eigenvalue weighted by Gasteiger charge is 2.11. The summed E-state index contributed by atoms with van der Waals surface area (Å²) in [6.45, 7) is 9.30. The van der Waals surface area contributed by atoms with Crippen molar-refractivity contribution in [2.45, 2.75) is 40.2 Å². The molecule has 0 saturated heterocycles. The summed E-state index contributed by atoms with van der Waals surface area (Å²) in [6, 6.07) is 23.7.